The molecule has 1 aliphatic heterocycles. The summed E-state index contributed by atoms with van der Waals surface area (Å²) in [6, 6.07) is 29.6. The lowest BCUT2D eigenvalue weighted by Gasteiger charge is -2.41. The maximum Gasteiger partial charge on any atom is 0.337 e. The Morgan fingerprint density at radius 2 is 1.15 bits per heavy atom. The number of benzene rings is 3. The fourth-order valence-corrected chi connectivity index (χ4v) is 3.93. The van der Waals surface area contributed by atoms with E-state index in [0.717, 1.165) is 16.7 Å². The highest BCUT2D eigenvalue weighted by atomic mass is 16.6. The number of hydrogen-bond donors (Lipinski definition) is 0. The van der Waals surface area contributed by atoms with E-state index in [9.17, 15) is 4.79 Å². The SMILES string of the molecule is COC(=O)C1OCC(OCc2ccccc2)C(OCc2ccccc2)C1OCc1ccccc1. The zero-order valence-electron chi connectivity index (χ0n) is 19.2. The molecule has 1 saturated heterocycles. The summed E-state index contributed by atoms with van der Waals surface area (Å²) in [6.07, 6.45) is -2.58. The monoisotopic (exact) mass is 462 g/mol. The van der Waals surface area contributed by atoms with Crippen molar-refractivity contribution in [1.82, 2.24) is 0 Å². The molecule has 4 unspecified atom stereocenters. The fraction of sp³-hybridized carbons (Fsp3) is 0.321. The molecule has 1 fully saturated rings. The molecule has 0 N–H and O–H groups in total. The number of carbonyl (C=O) groups is 1. The third kappa shape index (κ3) is 6.52. The van der Waals surface area contributed by atoms with E-state index in [-0.39, 0.29) is 6.61 Å². The Kier molecular flexibility index (Phi) is 8.82. The number of methoxy groups -OCH3 is 1. The first-order chi connectivity index (χ1) is 16.7. The Labute approximate surface area is 200 Å². The van der Waals surface area contributed by atoms with Gasteiger partial charge in [-0.05, 0) is 16.7 Å². The quantitative estimate of drug-likeness (QED) is 0.419. The zero-order chi connectivity index (χ0) is 23.6. The second-order valence-electron chi connectivity index (χ2n) is 8.13. The van der Waals surface area contributed by atoms with Crippen LogP contribution in [-0.2, 0) is 48.3 Å². The molecule has 6 heteroatoms. The maximum atomic E-state index is 12.6. The standard InChI is InChI=1S/C28H30O6/c1-30-28(29)27-26(33-19-23-15-9-4-10-16-23)25(32-18-22-13-7-3-8-14-22)24(20-34-27)31-17-21-11-5-2-6-12-21/h2-16,24-27H,17-20H2,1H3. The molecule has 0 radical (unpaired) electrons. The van der Waals surface area contributed by atoms with Crippen molar-refractivity contribution in [1.29, 1.82) is 0 Å². The molecule has 0 amide bonds. The minimum absolute atomic E-state index is 0.192. The molecule has 0 aliphatic carbocycles. The van der Waals surface area contributed by atoms with Crippen LogP contribution in [0.3, 0.4) is 0 Å². The van der Waals surface area contributed by atoms with Gasteiger partial charge in [0.05, 0.1) is 33.5 Å². The molecule has 34 heavy (non-hydrogen) atoms. The lowest BCUT2D eigenvalue weighted by atomic mass is 9.98. The highest BCUT2D eigenvalue weighted by Gasteiger charge is 2.46. The molecule has 1 heterocycles. The van der Waals surface area contributed by atoms with Gasteiger partial charge in [0.25, 0.3) is 0 Å². The van der Waals surface area contributed by atoms with Crippen molar-refractivity contribution in [2.24, 2.45) is 0 Å². The number of esters is 1. The van der Waals surface area contributed by atoms with Crippen LogP contribution in [0.1, 0.15) is 16.7 Å². The third-order valence-corrected chi connectivity index (χ3v) is 5.74. The normalized spacial score (nSPS) is 22.3. The van der Waals surface area contributed by atoms with Gasteiger partial charge >= 0.3 is 5.97 Å². The van der Waals surface area contributed by atoms with Gasteiger partial charge in [-0.25, -0.2) is 4.79 Å². The Hall–Kier alpha value is -3.03. The van der Waals surface area contributed by atoms with Gasteiger partial charge in [0, 0.05) is 0 Å². The summed E-state index contributed by atoms with van der Waals surface area (Å²) in [7, 11) is 1.35. The largest absolute Gasteiger partial charge is 0.467 e. The highest BCUT2D eigenvalue weighted by molar-refractivity contribution is 5.75. The Balaban J connectivity index is 1.54. The van der Waals surface area contributed by atoms with E-state index < -0.39 is 30.4 Å². The summed E-state index contributed by atoms with van der Waals surface area (Å²) in [5, 5.41) is 0. The zero-order valence-corrected chi connectivity index (χ0v) is 19.2. The van der Waals surface area contributed by atoms with Gasteiger partial charge in [-0.1, -0.05) is 91.0 Å². The van der Waals surface area contributed by atoms with Crippen LogP contribution in [0.4, 0.5) is 0 Å². The van der Waals surface area contributed by atoms with Gasteiger partial charge in [0.1, 0.15) is 18.3 Å². The molecule has 3 aromatic carbocycles. The first kappa shape index (κ1) is 24.1. The van der Waals surface area contributed by atoms with Gasteiger partial charge in [-0.15, -0.1) is 0 Å². The van der Waals surface area contributed by atoms with Crippen LogP contribution in [0.2, 0.25) is 0 Å². The average molecular weight is 463 g/mol. The van der Waals surface area contributed by atoms with Gasteiger partial charge in [-0.2, -0.15) is 0 Å². The molecule has 6 nitrogen and oxygen atoms in total. The van der Waals surface area contributed by atoms with Gasteiger partial charge in [0.15, 0.2) is 6.10 Å². The Morgan fingerprint density at radius 1 is 0.706 bits per heavy atom. The van der Waals surface area contributed by atoms with Crippen molar-refractivity contribution in [2.75, 3.05) is 13.7 Å². The van der Waals surface area contributed by atoms with Crippen molar-refractivity contribution < 1.29 is 28.5 Å². The first-order valence-corrected chi connectivity index (χ1v) is 11.4. The fourth-order valence-electron chi connectivity index (χ4n) is 3.93. The van der Waals surface area contributed by atoms with E-state index in [1.165, 1.54) is 7.11 Å². The highest BCUT2D eigenvalue weighted by Crippen LogP contribution is 2.27. The van der Waals surface area contributed by atoms with E-state index in [1.54, 1.807) is 0 Å². The number of hydrogen-bond acceptors (Lipinski definition) is 6. The summed E-state index contributed by atoms with van der Waals surface area (Å²) in [4.78, 5) is 12.6. The molecule has 1 aliphatic rings. The smallest absolute Gasteiger partial charge is 0.337 e. The average Bonchev–Trinajstić information content (AvgIpc) is 2.91. The Bertz CT molecular complexity index is 995. The molecule has 0 bridgehead atoms. The van der Waals surface area contributed by atoms with Crippen LogP contribution in [-0.4, -0.2) is 44.1 Å². The third-order valence-electron chi connectivity index (χ3n) is 5.74. The summed E-state index contributed by atoms with van der Waals surface area (Å²) in [6.45, 7) is 1.25. The lowest BCUT2D eigenvalue weighted by Crippen LogP contribution is -2.58. The molecular weight excluding hydrogens is 432 g/mol. The minimum atomic E-state index is -0.911. The molecule has 4 atom stereocenters. The predicted molar refractivity (Wildman–Crippen MR) is 127 cm³/mol. The molecule has 0 saturated carbocycles. The van der Waals surface area contributed by atoms with Crippen molar-refractivity contribution in [3.05, 3.63) is 108 Å². The van der Waals surface area contributed by atoms with Crippen molar-refractivity contribution >= 4 is 5.97 Å². The molecule has 3 aromatic rings. The van der Waals surface area contributed by atoms with Crippen molar-refractivity contribution in [2.45, 2.75) is 44.2 Å². The van der Waals surface area contributed by atoms with E-state index in [4.69, 9.17) is 23.7 Å². The van der Waals surface area contributed by atoms with Gasteiger partial charge < -0.3 is 23.7 Å². The van der Waals surface area contributed by atoms with E-state index in [1.807, 2.05) is 91.0 Å². The van der Waals surface area contributed by atoms with Crippen LogP contribution in [0.15, 0.2) is 91.0 Å². The summed E-state index contributed by atoms with van der Waals surface area (Å²) in [5.74, 6) is -0.493. The van der Waals surface area contributed by atoms with Crippen LogP contribution >= 0.6 is 0 Å². The van der Waals surface area contributed by atoms with E-state index >= 15 is 0 Å². The summed E-state index contributed by atoms with van der Waals surface area (Å²) < 4.78 is 29.8. The second kappa shape index (κ2) is 12.4. The topological polar surface area (TPSA) is 63.2 Å². The van der Waals surface area contributed by atoms with Gasteiger partial charge in [-0.3, -0.25) is 0 Å². The predicted octanol–water partition coefficient (Wildman–Crippen LogP) is 4.31. The van der Waals surface area contributed by atoms with Crippen LogP contribution < -0.4 is 0 Å². The van der Waals surface area contributed by atoms with Crippen LogP contribution in [0.5, 0.6) is 0 Å². The van der Waals surface area contributed by atoms with Crippen molar-refractivity contribution in [3.8, 4) is 0 Å². The molecular formula is C28H30O6. The van der Waals surface area contributed by atoms with Crippen LogP contribution in [0, 0.1) is 0 Å². The van der Waals surface area contributed by atoms with Crippen LogP contribution in [0.25, 0.3) is 0 Å². The first-order valence-electron chi connectivity index (χ1n) is 11.4. The minimum Gasteiger partial charge on any atom is -0.467 e. The molecule has 0 spiro atoms. The molecule has 178 valence electrons. The number of rotatable bonds is 10. The molecule has 0 aromatic heterocycles. The van der Waals surface area contributed by atoms with E-state index in [2.05, 4.69) is 0 Å². The summed E-state index contributed by atoms with van der Waals surface area (Å²) in [5.41, 5.74) is 3.05. The number of ether oxygens (including phenoxy) is 5. The van der Waals surface area contributed by atoms with Crippen molar-refractivity contribution in [3.63, 3.8) is 0 Å². The Morgan fingerprint density at radius 3 is 1.62 bits per heavy atom. The molecule has 4 rings (SSSR count). The second-order valence-corrected chi connectivity index (χ2v) is 8.13. The lowest BCUT2D eigenvalue weighted by molar-refractivity contribution is -0.241. The van der Waals surface area contributed by atoms with E-state index in [0.29, 0.717) is 19.8 Å². The van der Waals surface area contributed by atoms with Gasteiger partial charge in [0.2, 0.25) is 0 Å². The number of carbonyl (C=O) groups excluding carboxylic acids is 1. The maximum absolute atomic E-state index is 12.6. The summed E-state index contributed by atoms with van der Waals surface area (Å²) >= 11 is 0.